The van der Waals surface area contributed by atoms with E-state index in [-0.39, 0.29) is 11.8 Å². The van der Waals surface area contributed by atoms with Gasteiger partial charge in [-0.3, -0.25) is 4.79 Å². The quantitative estimate of drug-likeness (QED) is 0.821. The van der Waals surface area contributed by atoms with Crippen molar-refractivity contribution in [1.29, 1.82) is 0 Å². The molecule has 0 aliphatic rings. The molecule has 0 saturated heterocycles. The zero-order valence-corrected chi connectivity index (χ0v) is 9.61. The summed E-state index contributed by atoms with van der Waals surface area (Å²) in [5.41, 5.74) is 0.751. The molecule has 0 aliphatic carbocycles. The highest BCUT2D eigenvalue weighted by atomic mass is 16.1. The molecule has 1 N–H and O–H groups in total. The Morgan fingerprint density at radius 2 is 2.13 bits per heavy atom. The summed E-state index contributed by atoms with van der Waals surface area (Å²) in [5.74, 6) is 0.748. The van der Waals surface area contributed by atoms with Gasteiger partial charge in [0.1, 0.15) is 0 Å². The number of hydrogen-bond donors (Lipinski definition) is 1. The molecular weight excluding hydrogens is 190 g/mol. The van der Waals surface area contributed by atoms with E-state index >= 15 is 0 Å². The number of carbonyl (C=O) groups excluding carboxylic acids is 1. The van der Waals surface area contributed by atoms with Gasteiger partial charge in [-0.15, -0.1) is 0 Å². The van der Waals surface area contributed by atoms with Gasteiger partial charge in [0.15, 0.2) is 5.82 Å². The van der Waals surface area contributed by atoms with Crippen LogP contribution < -0.4 is 10.2 Å². The summed E-state index contributed by atoms with van der Waals surface area (Å²) in [4.78, 5) is 17.6. The van der Waals surface area contributed by atoms with Crippen LogP contribution in [0, 0.1) is 5.92 Å². The third kappa shape index (κ3) is 2.94. The fourth-order valence-corrected chi connectivity index (χ4v) is 1.13. The van der Waals surface area contributed by atoms with Gasteiger partial charge < -0.3 is 10.2 Å². The van der Waals surface area contributed by atoms with Crippen LogP contribution in [0.5, 0.6) is 0 Å². The average Bonchev–Trinajstić information content (AvgIpc) is 2.18. The zero-order chi connectivity index (χ0) is 11.4. The number of carbonyl (C=O) groups is 1. The Morgan fingerprint density at radius 1 is 1.47 bits per heavy atom. The van der Waals surface area contributed by atoms with Crippen LogP contribution >= 0.6 is 0 Å². The number of pyridine rings is 1. The fraction of sp³-hybridized carbons (Fsp3) is 0.455. The summed E-state index contributed by atoms with van der Waals surface area (Å²) in [5, 5.41) is 2.85. The predicted octanol–water partition coefficient (Wildman–Crippen LogP) is 1.74. The van der Waals surface area contributed by atoms with Gasteiger partial charge in [-0.1, -0.05) is 13.8 Å². The van der Waals surface area contributed by atoms with Crippen LogP contribution in [0.15, 0.2) is 18.3 Å². The second-order valence-corrected chi connectivity index (χ2v) is 3.91. The van der Waals surface area contributed by atoms with Crippen molar-refractivity contribution in [1.82, 2.24) is 4.98 Å². The molecule has 0 aromatic carbocycles. The van der Waals surface area contributed by atoms with E-state index in [1.54, 1.807) is 6.20 Å². The van der Waals surface area contributed by atoms with Crippen molar-refractivity contribution in [3.8, 4) is 0 Å². The summed E-state index contributed by atoms with van der Waals surface area (Å²) < 4.78 is 0. The smallest absolute Gasteiger partial charge is 0.227 e. The van der Waals surface area contributed by atoms with Crippen LogP contribution in [0.4, 0.5) is 11.5 Å². The monoisotopic (exact) mass is 207 g/mol. The van der Waals surface area contributed by atoms with Gasteiger partial charge in [0.25, 0.3) is 0 Å². The molecule has 1 aromatic rings. The van der Waals surface area contributed by atoms with Crippen molar-refractivity contribution in [2.45, 2.75) is 13.8 Å². The molecule has 0 spiro atoms. The number of nitrogens with one attached hydrogen (secondary N) is 1. The minimum atomic E-state index is -0.0276. The van der Waals surface area contributed by atoms with E-state index in [0.717, 1.165) is 11.5 Å². The third-order valence-electron chi connectivity index (χ3n) is 1.99. The number of aromatic nitrogens is 1. The van der Waals surface area contributed by atoms with Crippen molar-refractivity contribution >= 4 is 17.4 Å². The SMILES string of the molecule is CC(C)C(=O)Nc1cccnc1N(C)C. The minimum Gasteiger partial charge on any atom is -0.361 e. The Hall–Kier alpha value is -1.58. The Morgan fingerprint density at radius 3 is 2.67 bits per heavy atom. The lowest BCUT2D eigenvalue weighted by Crippen LogP contribution is -2.21. The molecule has 4 nitrogen and oxygen atoms in total. The Kier molecular flexibility index (Phi) is 3.66. The van der Waals surface area contributed by atoms with E-state index in [2.05, 4.69) is 10.3 Å². The second-order valence-electron chi connectivity index (χ2n) is 3.91. The van der Waals surface area contributed by atoms with Crippen LogP contribution in [-0.4, -0.2) is 25.0 Å². The van der Waals surface area contributed by atoms with Gasteiger partial charge in [-0.25, -0.2) is 4.98 Å². The predicted molar refractivity (Wildman–Crippen MR) is 62.0 cm³/mol. The molecular formula is C11H17N3O. The van der Waals surface area contributed by atoms with Gasteiger partial charge in [0.05, 0.1) is 5.69 Å². The minimum absolute atomic E-state index is 0.00565. The number of amides is 1. The number of anilines is 2. The third-order valence-corrected chi connectivity index (χ3v) is 1.99. The lowest BCUT2D eigenvalue weighted by atomic mass is 10.2. The summed E-state index contributed by atoms with van der Waals surface area (Å²) in [6.07, 6.45) is 1.71. The first kappa shape index (κ1) is 11.5. The van der Waals surface area contributed by atoms with Crippen LogP contribution in [0.1, 0.15) is 13.8 Å². The largest absolute Gasteiger partial charge is 0.361 e. The average molecular weight is 207 g/mol. The summed E-state index contributed by atoms with van der Waals surface area (Å²) in [6.45, 7) is 3.72. The maximum Gasteiger partial charge on any atom is 0.227 e. The standard InChI is InChI=1S/C11H17N3O/c1-8(2)11(15)13-9-6-5-7-12-10(9)14(3)4/h5-8H,1-4H3,(H,13,15). The molecule has 15 heavy (non-hydrogen) atoms. The molecule has 0 saturated carbocycles. The lowest BCUT2D eigenvalue weighted by Gasteiger charge is -2.16. The number of nitrogens with zero attached hydrogens (tertiary/aromatic N) is 2. The molecule has 1 rings (SSSR count). The van der Waals surface area contributed by atoms with E-state index in [1.807, 2.05) is 45.0 Å². The first-order chi connectivity index (χ1) is 7.02. The molecule has 0 atom stereocenters. The molecule has 1 heterocycles. The fourth-order valence-electron chi connectivity index (χ4n) is 1.13. The lowest BCUT2D eigenvalue weighted by molar-refractivity contribution is -0.118. The number of hydrogen-bond acceptors (Lipinski definition) is 3. The Labute approximate surface area is 90.3 Å². The molecule has 82 valence electrons. The van der Waals surface area contributed by atoms with Crippen LogP contribution in [0.2, 0.25) is 0 Å². The van der Waals surface area contributed by atoms with Crippen LogP contribution in [-0.2, 0) is 4.79 Å². The van der Waals surface area contributed by atoms with Crippen molar-refractivity contribution in [3.05, 3.63) is 18.3 Å². The van der Waals surface area contributed by atoms with E-state index in [0.29, 0.717) is 0 Å². The van der Waals surface area contributed by atoms with Gasteiger partial charge >= 0.3 is 0 Å². The zero-order valence-electron chi connectivity index (χ0n) is 9.61. The molecule has 0 radical (unpaired) electrons. The summed E-state index contributed by atoms with van der Waals surface area (Å²) in [6, 6.07) is 3.66. The van der Waals surface area contributed by atoms with Crippen LogP contribution in [0.3, 0.4) is 0 Å². The Balaban J connectivity index is 2.89. The molecule has 1 aromatic heterocycles. The molecule has 0 unspecified atom stereocenters. The highest BCUT2D eigenvalue weighted by Crippen LogP contribution is 2.20. The van der Waals surface area contributed by atoms with Crippen molar-refractivity contribution in [2.24, 2.45) is 5.92 Å². The van der Waals surface area contributed by atoms with Crippen molar-refractivity contribution < 1.29 is 4.79 Å². The van der Waals surface area contributed by atoms with Crippen molar-refractivity contribution in [3.63, 3.8) is 0 Å². The topological polar surface area (TPSA) is 45.2 Å². The normalized spacial score (nSPS) is 10.2. The van der Waals surface area contributed by atoms with Gasteiger partial charge in [-0.2, -0.15) is 0 Å². The van der Waals surface area contributed by atoms with Gasteiger partial charge in [0, 0.05) is 26.2 Å². The first-order valence-electron chi connectivity index (χ1n) is 4.95. The maximum atomic E-state index is 11.5. The van der Waals surface area contributed by atoms with E-state index in [1.165, 1.54) is 0 Å². The van der Waals surface area contributed by atoms with Crippen molar-refractivity contribution in [2.75, 3.05) is 24.3 Å². The summed E-state index contributed by atoms with van der Waals surface area (Å²) >= 11 is 0. The van der Waals surface area contributed by atoms with E-state index in [9.17, 15) is 4.79 Å². The van der Waals surface area contributed by atoms with E-state index in [4.69, 9.17) is 0 Å². The van der Waals surface area contributed by atoms with Gasteiger partial charge in [-0.05, 0) is 12.1 Å². The molecule has 0 fully saturated rings. The number of rotatable bonds is 3. The van der Waals surface area contributed by atoms with E-state index < -0.39 is 0 Å². The van der Waals surface area contributed by atoms with Gasteiger partial charge in [0.2, 0.25) is 5.91 Å². The summed E-state index contributed by atoms with van der Waals surface area (Å²) in [7, 11) is 3.79. The Bertz CT molecular complexity index is 347. The second kappa shape index (κ2) is 4.77. The molecule has 0 bridgehead atoms. The highest BCUT2D eigenvalue weighted by molar-refractivity contribution is 5.94. The first-order valence-corrected chi connectivity index (χ1v) is 4.95. The molecule has 4 heteroatoms. The molecule has 0 aliphatic heterocycles. The highest BCUT2D eigenvalue weighted by Gasteiger charge is 2.11. The van der Waals surface area contributed by atoms with Crippen LogP contribution in [0.25, 0.3) is 0 Å². The maximum absolute atomic E-state index is 11.5. The molecule has 1 amide bonds.